The maximum atomic E-state index is 14.4. The predicted octanol–water partition coefficient (Wildman–Crippen LogP) is 3.20. The van der Waals surface area contributed by atoms with E-state index in [1.165, 1.54) is 36.1 Å². The van der Waals surface area contributed by atoms with Crippen molar-refractivity contribution in [2.45, 2.75) is 13.0 Å². The van der Waals surface area contributed by atoms with Crippen molar-refractivity contribution in [2.75, 3.05) is 33.3 Å². The molecule has 0 bridgehead atoms. The van der Waals surface area contributed by atoms with Crippen LogP contribution in [0.4, 0.5) is 8.78 Å². The molecular weight excluding hydrogens is 428 g/mol. The number of methoxy groups -OCH3 is 1. The summed E-state index contributed by atoms with van der Waals surface area (Å²) in [5, 5.41) is 16.8. The number of nitrogens with one attached hydrogen (secondary N) is 1. The predicted molar refractivity (Wildman–Crippen MR) is 118 cm³/mol. The van der Waals surface area contributed by atoms with Gasteiger partial charge in [-0.2, -0.15) is 10.4 Å². The van der Waals surface area contributed by atoms with E-state index in [-0.39, 0.29) is 23.8 Å². The number of ether oxygens (including phenoxy) is 1. The highest BCUT2D eigenvalue weighted by Crippen LogP contribution is 2.34. The number of carbonyl (C=O) groups excluding carboxylic acids is 1. The standard InChI is InChI=1S/C24H23F2N5O2/c1-33-22-6-5-16(11-21(22)26)19-14-31(15-23(32)30-9-2-7-28-8-10-30)29-24(19)17-3-4-18(13-27)20(25)12-17/h3-6,11-12,14,28H,2,7-10,15H2,1H3. The van der Waals surface area contributed by atoms with Crippen molar-refractivity contribution in [1.82, 2.24) is 20.0 Å². The molecule has 9 heteroatoms. The molecule has 2 aromatic carbocycles. The third kappa shape index (κ3) is 4.86. The Balaban J connectivity index is 1.73. The average Bonchev–Trinajstić information content (AvgIpc) is 3.03. The van der Waals surface area contributed by atoms with Crippen LogP contribution in [0, 0.1) is 23.0 Å². The van der Waals surface area contributed by atoms with Crippen LogP contribution in [0.25, 0.3) is 22.4 Å². The van der Waals surface area contributed by atoms with Gasteiger partial charge < -0.3 is 15.0 Å². The molecule has 170 valence electrons. The molecule has 0 spiro atoms. The molecule has 1 aliphatic rings. The molecule has 33 heavy (non-hydrogen) atoms. The van der Waals surface area contributed by atoms with Gasteiger partial charge in [0, 0.05) is 37.0 Å². The Hall–Kier alpha value is -3.77. The van der Waals surface area contributed by atoms with Crippen LogP contribution >= 0.6 is 0 Å². The van der Waals surface area contributed by atoms with E-state index in [1.54, 1.807) is 29.3 Å². The summed E-state index contributed by atoms with van der Waals surface area (Å²) in [7, 11) is 1.38. The largest absolute Gasteiger partial charge is 0.494 e. The number of nitriles is 1. The Morgan fingerprint density at radius 3 is 2.67 bits per heavy atom. The molecule has 0 aliphatic carbocycles. The van der Waals surface area contributed by atoms with Crippen molar-refractivity contribution >= 4 is 5.91 Å². The van der Waals surface area contributed by atoms with Gasteiger partial charge in [-0.15, -0.1) is 0 Å². The van der Waals surface area contributed by atoms with Gasteiger partial charge in [0.05, 0.1) is 12.7 Å². The first kappa shape index (κ1) is 22.4. The number of benzene rings is 2. The first-order chi connectivity index (χ1) is 16.0. The van der Waals surface area contributed by atoms with Gasteiger partial charge in [0.25, 0.3) is 0 Å². The van der Waals surface area contributed by atoms with E-state index >= 15 is 0 Å². The molecule has 1 aromatic heterocycles. The Kier molecular flexibility index (Phi) is 6.66. The molecule has 1 aliphatic heterocycles. The molecule has 1 fully saturated rings. The Morgan fingerprint density at radius 2 is 1.94 bits per heavy atom. The topological polar surface area (TPSA) is 83.2 Å². The SMILES string of the molecule is COc1ccc(-c2cn(CC(=O)N3CCCNCC3)nc2-c2ccc(C#N)c(F)c2)cc1F. The Morgan fingerprint density at radius 1 is 1.15 bits per heavy atom. The smallest absolute Gasteiger partial charge is 0.244 e. The van der Waals surface area contributed by atoms with Crippen molar-refractivity contribution < 1.29 is 18.3 Å². The summed E-state index contributed by atoms with van der Waals surface area (Å²) < 4.78 is 35.2. The lowest BCUT2D eigenvalue weighted by molar-refractivity contribution is -0.131. The maximum absolute atomic E-state index is 14.4. The number of carbonyl (C=O) groups is 1. The fourth-order valence-corrected chi connectivity index (χ4v) is 3.85. The summed E-state index contributed by atoms with van der Waals surface area (Å²) in [4.78, 5) is 14.6. The van der Waals surface area contributed by atoms with Crippen LogP contribution in [0.5, 0.6) is 5.75 Å². The highest BCUT2D eigenvalue weighted by molar-refractivity contribution is 5.82. The van der Waals surface area contributed by atoms with Gasteiger partial charge in [0.15, 0.2) is 11.6 Å². The molecule has 2 heterocycles. The molecule has 0 atom stereocenters. The number of aromatic nitrogens is 2. The third-order valence-corrected chi connectivity index (χ3v) is 5.58. The van der Waals surface area contributed by atoms with Crippen LogP contribution in [0.15, 0.2) is 42.6 Å². The minimum Gasteiger partial charge on any atom is -0.494 e. The van der Waals surface area contributed by atoms with Gasteiger partial charge >= 0.3 is 0 Å². The molecule has 3 aromatic rings. The van der Waals surface area contributed by atoms with Gasteiger partial charge in [-0.25, -0.2) is 8.78 Å². The van der Waals surface area contributed by atoms with Crippen LogP contribution < -0.4 is 10.1 Å². The number of nitrogens with zero attached hydrogens (tertiary/aromatic N) is 4. The Labute approximate surface area is 190 Å². The molecule has 1 N–H and O–H groups in total. The van der Waals surface area contributed by atoms with Gasteiger partial charge in [0.2, 0.25) is 5.91 Å². The summed E-state index contributed by atoms with van der Waals surface area (Å²) in [6.45, 7) is 2.89. The van der Waals surface area contributed by atoms with Crippen LogP contribution in [-0.4, -0.2) is 53.9 Å². The lowest BCUT2D eigenvalue weighted by atomic mass is 10.0. The minimum absolute atomic E-state index is 0.00436. The van der Waals surface area contributed by atoms with Crippen LogP contribution in [-0.2, 0) is 11.3 Å². The van der Waals surface area contributed by atoms with Crippen molar-refractivity contribution in [3.8, 4) is 34.2 Å². The van der Waals surface area contributed by atoms with Crippen LogP contribution in [0.3, 0.4) is 0 Å². The number of hydrogen-bond donors (Lipinski definition) is 1. The van der Waals surface area contributed by atoms with E-state index in [9.17, 15) is 13.6 Å². The van der Waals surface area contributed by atoms with Crippen molar-refractivity contribution in [3.63, 3.8) is 0 Å². The molecular formula is C24H23F2N5O2. The molecule has 0 radical (unpaired) electrons. The zero-order valence-electron chi connectivity index (χ0n) is 18.1. The summed E-state index contributed by atoms with van der Waals surface area (Å²) >= 11 is 0. The molecule has 4 rings (SSSR count). The highest BCUT2D eigenvalue weighted by Gasteiger charge is 2.20. The van der Waals surface area contributed by atoms with Crippen molar-refractivity contribution in [3.05, 3.63) is 59.8 Å². The second kappa shape index (κ2) is 9.79. The normalized spacial score (nSPS) is 13.9. The van der Waals surface area contributed by atoms with E-state index in [2.05, 4.69) is 10.4 Å². The van der Waals surface area contributed by atoms with Gasteiger partial charge in [-0.1, -0.05) is 12.1 Å². The lowest BCUT2D eigenvalue weighted by Gasteiger charge is -2.19. The molecule has 7 nitrogen and oxygen atoms in total. The zero-order chi connectivity index (χ0) is 23.4. The second-order valence-corrected chi connectivity index (χ2v) is 7.73. The fourth-order valence-electron chi connectivity index (χ4n) is 3.85. The van der Waals surface area contributed by atoms with E-state index in [1.807, 2.05) is 0 Å². The van der Waals surface area contributed by atoms with Crippen LogP contribution in [0.2, 0.25) is 0 Å². The summed E-state index contributed by atoms with van der Waals surface area (Å²) in [5.74, 6) is -1.20. The van der Waals surface area contributed by atoms with E-state index in [0.717, 1.165) is 19.5 Å². The van der Waals surface area contributed by atoms with E-state index in [4.69, 9.17) is 10.00 Å². The molecule has 0 unspecified atom stereocenters. The maximum Gasteiger partial charge on any atom is 0.244 e. The number of hydrogen-bond acceptors (Lipinski definition) is 5. The third-order valence-electron chi connectivity index (χ3n) is 5.58. The fraction of sp³-hybridized carbons (Fsp3) is 0.292. The van der Waals surface area contributed by atoms with Gasteiger partial charge in [-0.05, 0) is 42.8 Å². The van der Waals surface area contributed by atoms with Gasteiger partial charge in [-0.3, -0.25) is 9.48 Å². The van der Waals surface area contributed by atoms with E-state index in [0.29, 0.717) is 35.5 Å². The summed E-state index contributed by atoms with van der Waals surface area (Å²) in [5.41, 5.74) is 1.76. The number of halogens is 2. The van der Waals surface area contributed by atoms with Crippen LogP contribution in [0.1, 0.15) is 12.0 Å². The molecule has 0 saturated carbocycles. The molecule has 1 amide bonds. The summed E-state index contributed by atoms with van der Waals surface area (Å²) in [6, 6.07) is 10.5. The second-order valence-electron chi connectivity index (χ2n) is 7.73. The zero-order valence-corrected chi connectivity index (χ0v) is 18.1. The van der Waals surface area contributed by atoms with Crippen molar-refractivity contribution in [2.24, 2.45) is 0 Å². The summed E-state index contributed by atoms with van der Waals surface area (Å²) in [6.07, 6.45) is 2.53. The number of rotatable bonds is 5. The first-order valence-corrected chi connectivity index (χ1v) is 10.6. The van der Waals surface area contributed by atoms with E-state index < -0.39 is 11.6 Å². The Bertz CT molecular complexity index is 1210. The average molecular weight is 451 g/mol. The molecule has 1 saturated heterocycles. The quantitative estimate of drug-likeness (QED) is 0.644. The number of amides is 1. The lowest BCUT2D eigenvalue weighted by Crippen LogP contribution is -2.36. The first-order valence-electron chi connectivity index (χ1n) is 10.6. The minimum atomic E-state index is -0.676. The monoisotopic (exact) mass is 451 g/mol. The highest BCUT2D eigenvalue weighted by atomic mass is 19.1. The van der Waals surface area contributed by atoms with Gasteiger partial charge in [0.1, 0.15) is 24.1 Å². The van der Waals surface area contributed by atoms with Crippen molar-refractivity contribution in [1.29, 1.82) is 5.26 Å².